The zero-order chi connectivity index (χ0) is 27.5. The highest BCUT2D eigenvalue weighted by molar-refractivity contribution is 6.01. The van der Waals surface area contributed by atoms with Gasteiger partial charge in [0.25, 0.3) is 0 Å². The van der Waals surface area contributed by atoms with E-state index in [4.69, 9.17) is 13.9 Å². The van der Waals surface area contributed by atoms with E-state index in [0.717, 1.165) is 59.0 Å². The number of hydrogen-bond acceptors (Lipinski definition) is 6. The first-order chi connectivity index (χ1) is 18.7. The molecule has 2 aliphatic heterocycles. The minimum absolute atomic E-state index is 0.0280. The molecule has 6 nitrogen and oxygen atoms in total. The minimum atomic E-state index is -0.292. The van der Waals surface area contributed by atoms with E-state index >= 15 is 0 Å². The summed E-state index contributed by atoms with van der Waals surface area (Å²) in [7, 11) is 3.31. The molecule has 6 rings (SSSR count). The van der Waals surface area contributed by atoms with E-state index < -0.39 is 0 Å². The zero-order valence-electron chi connectivity index (χ0n) is 23.1. The van der Waals surface area contributed by atoms with E-state index in [1.807, 2.05) is 36.4 Å². The average molecular weight is 524 g/mol. The third-order valence-corrected chi connectivity index (χ3v) is 8.15. The molecule has 0 saturated carbocycles. The van der Waals surface area contributed by atoms with Gasteiger partial charge >= 0.3 is 0 Å². The molecule has 3 aromatic rings. The molecule has 6 heteroatoms. The minimum Gasteiger partial charge on any atom is -0.493 e. The number of benzene rings is 2. The van der Waals surface area contributed by atoms with Gasteiger partial charge in [-0.1, -0.05) is 38.1 Å². The van der Waals surface area contributed by atoms with E-state index in [0.29, 0.717) is 23.5 Å². The van der Waals surface area contributed by atoms with Crippen LogP contribution in [0.1, 0.15) is 66.8 Å². The van der Waals surface area contributed by atoms with Gasteiger partial charge in [-0.25, -0.2) is 0 Å². The van der Waals surface area contributed by atoms with Crippen LogP contribution in [0.4, 0.5) is 0 Å². The highest BCUT2D eigenvalue weighted by Crippen LogP contribution is 2.51. The first kappa shape index (κ1) is 25.2. The standard InChI is InChI=1S/C33H33NO5/c1-19(35)20-6-8-21(9-7-20)28-10-11-29(39-28)24-15-25-23-16-31(38-5)30(37-4)14-22(23)12-13-34(25)26-17-33(2,3)18-27(36)32(24)26/h6-11,14-16,24H,12-13,17-18H2,1-5H3/t24-/m1/s1. The van der Waals surface area contributed by atoms with Crippen LogP contribution in [0.3, 0.4) is 0 Å². The Bertz CT molecular complexity index is 1550. The lowest BCUT2D eigenvalue weighted by Gasteiger charge is -2.45. The number of ketones is 2. The fourth-order valence-electron chi connectivity index (χ4n) is 6.23. The van der Waals surface area contributed by atoms with E-state index in [-0.39, 0.29) is 22.9 Å². The van der Waals surface area contributed by atoms with E-state index in [9.17, 15) is 9.59 Å². The molecule has 3 aliphatic rings. The van der Waals surface area contributed by atoms with Crippen LogP contribution in [0.5, 0.6) is 11.5 Å². The van der Waals surface area contributed by atoms with Crippen molar-refractivity contribution in [1.29, 1.82) is 0 Å². The molecule has 0 radical (unpaired) electrons. The fourth-order valence-corrected chi connectivity index (χ4v) is 6.23. The number of carbonyl (C=O) groups is 2. The number of nitrogens with zero attached hydrogens (tertiary/aromatic N) is 1. The molecule has 1 aliphatic carbocycles. The second-order valence-corrected chi connectivity index (χ2v) is 11.4. The summed E-state index contributed by atoms with van der Waals surface area (Å²) in [5, 5.41) is 0. The molecule has 0 saturated heterocycles. The Morgan fingerprint density at radius 2 is 1.72 bits per heavy atom. The number of rotatable bonds is 5. The van der Waals surface area contributed by atoms with Crippen LogP contribution in [0.2, 0.25) is 0 Å². The number of furan rings is 1. The van der Waals surface area contributed by atoms with Crippen molar-refractivity contribution in [3.05, 3.63) is 88.3 Å². The number of carbonyl (C=O) groups excluding carboxylic acids is 2. The van der Waals surface area contributed by atoms with Crippen LogP contribution in [0.25, 0.3) is 17.0 Å². The van der Waals surface area contributed by atoms with Gasteiger partial charge in [-0.2, -0.15) is 0 Å². The van der Waals surface area contributed by atoms with Crippen LogP contribution in [-0.2, 0) is 11.2 Å². The lowest BCUT2D eigenvalue weighted by molar-refractivity contribution is -0.118. The maximum absolute atomic E-state index is 13.7. The highest BCUT2D eigenvalue weighted by Gasteiger charge is 2.43. The normalized spacial score (nSPS) is 19.6. The summed E-state index contributed by atoms with van der Waals surface area (Å²) in [5.41, 5.74) is 6.75. The topological polar surface area (TPSA) is 69.0 Å². The van der Waals surface area contributed by atoms with Gasteiger partial charge in [0.05, 0.1) is 20.1 Å². The Kier molecular flexibility index (Phi) is 6.01. The molecular formula is C33H33NO5. The molecule has 0 N–H and O–H groups in total. The van der Waals surface area contributed by atoms with Crippen LogP contribution >= 0.6 is 0 Å². The molecular weight excluding hydrogens is 490 g/mol. The number of fused-ring (bicyclic) bond motifs is 4. The van der Waals surface area contributed by atoms with Crippen molar-refractivity contribution in [2.75, 3.05) is 20.8 Å². The first-order valence-electron chi connectivity index (χ1n) is 13.4. The summed E-state index contributed by atoms with van der Waals surface area (Å²) in [4.78, 5) is 27.7. The summed E-state index contributed by atoms with van der Waals surface area (Å²) >= 11 is 0. The number of hydrogen-bond donors (Lipinski definition) is 0. The lowest BCUT2D eigenvalue weighted by Crippen LogP contribution is -2.40. The molecule has 3 heterocycles. The Morgan fingerprint density at radius 1 is 1.00 bits per heavy atom. The van der Waals surface area contributed by atoms with Gasteiger partial charge < -0.3 is 18.8 Å². The monoisotopic (exact) mass is 523 g/mol. The van der Waals surface area contributed by atoms with Crippen molar-refractivity contribution in [2.45, 2.75) is 46.0 Å². The maximum Gasteiger partial charge on any atom is 0.162 e. The van der Waals surface area contributed by atoms with Crippen LogP contribution < -0.4 is 9.47 Å². The Hall–Kier alpha value is -4.06. The first-order valence-corrected chi connectivity index (χ1v) is 13.4. The highest BCUT2D eigenvalue weighted by atomic mass is 16.5. The van der Waals surface area contributed by atoms with E-state index in [2.05, 4.69) is 37.0 Å². The van der Waals surface area contributed by atoms with Gasteiger partial charge in [0, 0.05) is 46.6 Å². The van der Waals surface area contributed by atoms with Gasteiger partial charge in [-0.05, 0) is 61.1 Å². The fraction of sp³-hybridized carbons (Fsp3) is 0.333. The van der Waals surface area contributed by atoms with E-state index in [1.54, 1.807) is 21.1 Å². The summed E-state index contributed by atoms with van der Waals surface area (Å²) in [6.07, 6.45) is 4.37. The predicted octanol–water partition coefficient (Wildman–Crippen LogP) is 6.81. The largest absolute Gasteiger partial charge is 0.493 e. The molecule has 0 bridgehead atoms. The molecule has 200 valence electrons. The lowest BCUT2D eigenvalue weighted by atomic mass is 9.70. The third kappa shape index (κ3) is 4.28. The summed E-state index contributed by atoms with van der Waals surface area (Å²) < 4.78 is 17.7. The molecule has 1 aromatic heterocycles. The second kappa shape index (κ2) is 9.30. The molecule has 39 heavy (non-hydrogen) atoms. The smallest absolute Gasteiger partial charge is 0.162 e. The van der Waals surface area contributed by atoms with Crippen LogP contribution in [-0.4, -0.2) is 37.2 Å². The van der Waals surface area contributed by atoms with Gasteiger partial charge in [-0.3, -0.25) is 9.59 Å². The van der Waals surface area contributed by atoms with E-state index in [1.165, 1.54) is 5.56 Å². The maximum atomic E-state index is 13.7. The molecule has 0 amide bonds. The van der Waals surface area contributed by atoms with Crippen LogP contribution in [0, 0.1) is 5.41 Å². The van der Waals surface area contributed by atoms with Crippen molar-refractivity contribution >= 4 is 17.3 Å². The van der Waals surface area contributed by atoms with Crippen molar-refractivity contribution in [1.82, 2.24) is 4.90 Å². The summed E-state index contributed by atoms with van der Waals surface area (Å²) in [5.74, 6) is 2.77. The number of allylic oxidation sites excluding steroid dienone is 3. The summed E-state index contributed by atoms with van der Waals surface area (Å²) in [6, 6.07) is 15.5. The van der Waals surface area contributed by atoms with Gasteiger partial charge in [0.1, 0.15) is 11.5 Å². The van der Waals surface area contributed by atoms with Gasteiger partial charge in [0.2, 0.25) is 0 Å². The molecule has 0 unspecified atom stereocenters. The van der Waals surface area contributed by atoms with Crippen LogP contribution in [0.15, 0.2) is 70.3 Å². The van der Waals surface area contributed by atoms with Crippen molar-refractivity contribution in [2.24, 2.45) is 5.41 Å². The second-order valence-electron chi connectivity index (χ2n) is 11.4. The average Bonchev–Trinajstić information content (AvgIpc) is 3.41. The van der Waals surface area contributed by atoms with Crippen molar-refractivity contribution in [3.8, 4) is 22.8 Å². The number of Topliss-reactive ketones (excluding diaryl/α,β-unsaturated/α-hetero) is 2. The van der Waals surface area contributed by atoms with Gasteiger partial charge in [-0.15, -0.1) is 0 Å². The Balaban J connectivity index is 1.48. The molecule has 1 atom stereocenters. The quantitative estimate of drug-likeness (QED) is 0.342. The Morgan fingerprint density at radius 3 is 2.41 bits per heavy atom. The molecule has 0 fully saturated rings. The predicted molar refractivity (Wildman–Crippen MR) is 150 cm³/mol. The number of ether oxygens (including phenoxy) is 2. The third-order valence-electron chi connectivity index (χ3n) is 8.15. The number of methoxy groups -OCH3 is 2. The van der Waals surface area contributed by atoms with Gasteiger partial charge in [0.15, 0.2) is 23.1 Å². The molecule has 2 aromatic carbocycles. The molecule has 0 spiro atoms. The SMILES string of the molecule is COc1cc2c(cc1OC)C1=C[C@H](c3ccc(-c4ccc(C(C)=O)cc4)o3)C3=C(CC(C)(C)CC3=O)N1CC2. The summed E-state index contributed by atoms with van der Waals surface area (Å²) in [6.45, 7) is 6.70. The zero-order valence-corrected chi connectivity index (χ0v) is 23.1. The Labute approximate surface area is 228 Å². The van der Waals surface area contributed by atoms with Crippen molar-refractivity contribution in [3.63, 3.8) is 0 Å². The van der Waals surface area contributed by atoms with Crippen molar-refractivity contribution < 1.29 is 23.5 Å².